The van der Waals surface area contributed by atoms with Gasteiger partial charge in [-0.05, 0) is 61.4 Å². The number of nitrogens with one attached hydrogen (secondary N) is 2. The Morgan fingerprint density at radius 1 is 1.27 bits per heavy atom. The molecule has 1 amide bonds. The normalized spacial score (nSPS) is 14.7. The number of fused-ring (bicyclic) bond motifs is 1. The van der Waals surface area contributed by atoms with Gasteiger partial charge in [0, 0.05) is 12.4 Å². The lowest BCUT2D eigenvalue weighted by molar-refractivity contribution is -0.117. The fourth-order valence-electron chi connectivity index (χ4n) is 3.13. The number of aromatic nitrogens is 1. The minimum Gasteiger partial charge on any atom is -0.359 e. The lowest BCUT2D eigenvalue weighted by atomic mass is 9.89. The zero-order valence-electron chi connectivity index (χ0n) is 14.8. The van der Waals surface area contributed by atoms with Gasteiger partial charge in [0.25, 0.3) is 5.91 Å². The van der Waals surface area contributed by atoms with Gasteiger partial charge in [-0.1, -0.05) is 18.2 Å². The molecule has 1 aromatic heterocycles. The minimum atomic E-state index is -0.394. The molecule has 0 aliphatic heterocycles. The van der Waals surface area contributed by atoms with E-state index in [0.717, 1.165) is 24.1 Å². The Kier molecular flexibility index (Phi) is 5.65. The maximum absolute atomic E-state index is 12.4. The van der Waals surface area contributed by atoms with Crippen LogP contribution < -0.4 is 10.6 Å². The summed E-state index contributed by atoms with van der Waals surface area (Å²) in [4.78, 5) is 16.4. The molecule has 2 aromatic rings. The van der Waals surface area contributed by atoms with E-state index < -0.39 is 5.91 Å². The van der Waals surface area contributed by atoms with Crippen molar-refractivity contribution >= 4 is 11.6 Å². The summed E-state index contributed by atoms with van der Waals surface area (Å²) in [5, 5.41) is 15.1. The quantitative estimate of drug-likeness (QED) is 0.640. The number of nitriles is 1. The number of rotatable bonds is 5. The van der Waals surface area contributed by atoms with Crippen LogP contribution in [0.4, 0.5) is 5.69 Å². The molecule has 1 aliphatic carbocycles. The third kappa shape index (κ3) is 4.28. The summed E-state index contributed by atoms with van der Waals surface area (Å²) >= 11 is 0. The highest BCUT2D eigenvalue weighted by Crippen LogP contribution is 2.24. The number of carbonyl (C=O) groups excluding carboxylic acids is 1. The van der Waals surface area contributed by atoms with E-state index in [1.807, 2.05) is 19.1 Å². The number of amides is 1. The summed E-state index contributed by atoms with van der Waals surface area (Å²) in [7, 11) is 0. The Bertz CT molecular complexity index is 852. The van der Waals surface area contributed by atoms with Crippen LogP contribution in [-0.4, -0.2) is 10.9 Å². The lowest BCUT2D eigenvalue weighted by Crippen LogP contribution is -2.28. The van der Waals surface area contributed by atoms with Crippen LogP contribution in [0, 0.1) is 11.3 Å². The Morgan fingerprint density at radius 2 is 2.08 bits per heavy atom. The predicted octanol–water partition coefficient (Wildman–Crippen LogP) is 3.66. The van der Waals surface area contributed by atoms with Gasteiger partial charge in [0.05, 0.1) is 17.9 Å². The summed E-state index contributed by atoms with van der Waals surface area (Å²) in [6.07, 6.45) is 9.40. The molecule has 2 N–H and O–H groups in total. The molecular formula is C21H22N4O. The van der Waals surface area contributed by atoms with Gasteiger partial charge >= 0.3 is 0 Å². The smallest absolute Gasteiger partial charge is 0.263 e. The third-order valence-electron chi connectivity index (χ3n) is 4.63. The second kappa shape index (κ2) is 8.30. The van der Waals surface area contributed by atoms with Crippen LogP contribution in [0.2, 0.25) is 0 Å². The lowest BCUT2D eigenvalue weighted by Gasteiger charge is -2.20. The molecule has 5 nitrogen and oxygen atoms in total. The van der Waals surface area contributed by atoms with Crippen molar-refractivity contribution in [1.29, 1.82) is 5.26 Å². The van der Waals surface area contributed by atoms with Crippen LogP contribution in [0.5, 0.6) is 0 Å². The van der Waals surface area contributed by atoms with E-state index in [2.05, 4.69) is 33.8 Å². The van der Waals surface area contributed by atoms with Crippen molar-refractivity contribution in [3.8, 4) is 6.07 Å². The summed E-state index contributed by atoms with van der Waals surface area (Å²) < 4.78 is 0. The second-order valence-corrected chi connectivity index (χ2v) is 6.49. The molecule has 0 fully saturated rings. The molecule has 0 saturated heterocycles. The van der Waals surface area contributed by atoms with Crippen molar-refractivity contribution in [3.63, 3.8) is 0 Å². The Hall–Kier alpha value is -3.13. The van der Waals surface area contributed by atoms with Crippen molar-refractivity contribution in [2.45, 2.75) is 38.6 Å². The first-order chi connectivity index (χ1) is 12.7. The molecule has 0 bridgehead atoms. The molecule has 132 valence electrons. The topological polar surface area (TPSA) is 77.8 Å². The number of hydrogen-bond acceptors (Lipinski definition) is 4. The largest absolute Gasteiger partial charge is 0.359 e. The third-order valence-corrected chi connectivity index (χ3v) is 4.63. The highest BCUT2D eigenvalue weighted by atomic mass is 16.1. The molecule has 1 aromatic carbocycles. The van der Waals surface area contributed by atoms with Crippen molar-refractivity contribution in [2.24, 2.45) is 0 Å². The van der Waals surface area contributed by atoms with Gasteiger partial charge in [-0.25, -0.2) is 0 Å². The van der Waals surface area contributed by atoms with Crippen molar-refractivity contribution < 1.29 is 4.79 Å². The van der Waals surface area contributed by atoms with Gasteiger partial charge in [0.1, 0.15) is 11.6 Å². The zero-order valence-corrected chi connectivity index (χ0v) is 14.8. The maximum Gasteiger partial charge on any atom is 0.263 e. The number of aryl methyl sites for hydroxylation is 2. The van der Waals surface area contributed by atoms with Crippen molar-refractivity contribution in [3.05, 3.63) is 71.2 Å². The number of nitrogens with zero attached hydrogens (tertiary/aromatic N) is 2. The van der Waals surface area contributed by atoms with Gasteiger partial charge in [0.15, 0.2) is 0 Å². The second-order valence-electron chi connectivity index (χ2n) is 6.49. The summed E-state index contributed by atoms with van der Waals surface area (Å²) in [6, 6.07) is 11.8. The molecular weight excluding hydrogens is 324 g/mol. The van der Waals surface area contributed by atoms with Crippen LogP contribution in [0.25, 0.3) is 0 Å². The first kappa shape index (κ1) is 17.7. The molecule has 3 rings (SSSR count). The molecule has 1 aliphatic rings. The monoisotopic (exact) mass is 346 g/mol. The number of carbonyl (C=O) groups is 1. The average molecular weight is 346 g/mol. The zero-order chi connectivity index (χ0) is 18.4. The van der Waals surface area contributed by atoms with E-state index in [1.165, 1.54) is 30.2 Å². The van der Waals surface area contributed by atoms with E-state index in [0.29, 0.717) is 0 Å². The van der Waals surface area contributed by atoms with Gasteiger partial charge in [0.2, 0.25) is 0 Å². The van der Waals surface area contributed by atoms with E-state index in [-0.39, 0.29) is 11.6 Å². The summed E-state index contributed by atoms with van der Waals surface area (Å²) in [5.74, 6) is -0.394. The van der Waals surface area contributed by atoms with Gasteiger partial charge in [-0.15, -0.1) is 0 Å². The fourth-order valence-corrected chi connectivity index (χ4v) is 3.13. The molecule has 0 saturated carbocycles. The van der Waals surface area contributed by atoms with E-state index in [4.69, 9.17) is 0 Å². The van der Waals surface area contributed by atoms with Crippen LogP contribution in [0.3, 0.4) is 0 Å². The highest BCUT2D eigenvalue weighted by Gasteiger charge is 2.16. The molecule has 26 heavy (non-hydrogen) atoms. The Balaban J connectivity index is 1.66. The van der Waals surface area contributed by atoms with E-state index in [9.17, 15) is 10.1 Å². The van der Waals surface area contributed by atoms with Crippen molar-refractivity contribution in [2.75, 3.05) is 5.32 Å². The molecule has 1 unspecified atom stereocenters. The van der Waals surface area contributed by atoms with Crippen LogP contribution >= 0.6 is 0 Å². The maximum atomic E-state index is 12.4. The molecule has 1 heterocycles. The summed E-state index contributed by atoms with van der Waals surface area (Å²) in [6.45, 7) is 1.94. The fraction of sp³-hybridized carbons (Fsp3) is 0.286. The Morgan fingerprint density at radius 3 is 2.81 bits per heavy atom. The number of pyridine rings is 1. The first-order valence-corrected chi connectivity index (χ1v) is 8.87. The number of benzene rings is 1. The molecule has 0 spiro atoms. The SMILES string of the molecule is CC(NC(=O)/C(C#N)=C\Nc1cccnc1)c1ccc2c(c1)CCCC2. The number of anilines is 1. The van der Waals surface area contributed by atoms with E-state index in [1.54, 1.807) is 18.5 Å². The molecule has 0 radical (unpaired) electrons. The van der Waals surface area contributed by atoms with Crippen LogP contribution in [0.15, 0.2) is 54.5 Å². The van der Waals surface area contributed by atoms with Gasteiger partial charge in [-0.3, -0.25) is 9.78 Å². The number of hydrogen-bond donors (Lipinski definition) is 2. The molecule has 1 atom stereocenters. The standard InChI is InChI=1S/C21H22N4O/c1-15(17-9-8-16-5-2-3-6-18(16)11-17)25-21(26)19(12-22)13-24-20-7-4-10-23-14-20/h4,7-11,13-15,24H,2-3,5-6H2,1H3,(H,25,26)/b19-13-. The van der Waals surface area contributed by atoms with Gasteiger partial charge < -0.3 is 10.6 Å². The van der Waals surface area contributed by atoms with Crippen molar-refractivity contribution in [1.82, 2.24) is 10.3 Å². The minimum absolute atomic E-state index is 0.0265. The predicted molar refractivity (Wildman–Crippen MR) is 101 cm³/mol. The van der Waals surface area contributed by atoms with Crippen LogP contribution in [0.1, 0.15) is 42.5 Å². The van der Waals surface area contributed by atoms with Gasteiger partial charge in [-0.2, -0.15) is 5.26 Å². The summed E-state index contributed by atoms with van der Waals surface area (Å²) in [5.41, 5.74) is 4.60. The van der Waals surface area contributed by atoms with E-state index >= 15 is 0 Å². The molecule has 5 heteroatoms. The average Bonchev–Trinajstić information content (AvgIpc) is 2.68. The van der Waals surface area contributed by atoms with Crippen LogP contribution in [-0.2, 0) is 17.6 Å². The highest BCUT2D eigenvalue weighted by molar-refractivity contribution is 5.97. The first-order valence-electron chi connectivity index (χ1n) is 8.87. The Labute approximate surface area is 153 Å².